The van der Waals surface area contributed by atoms with Crippen LogP contribution in [0, 0.1) is 11.8 Å². The number of carbonyl (C=O) groups is 1. The highest BCUT2D eigenvalue weighted by Gasteiger charge is 2.38. The number of piperidine rings is 1. The Morgan fingerprint density at radius 2 is 2.08 bits per heavy atom. The van der Waals surface area contributed by atoms with Gasteiger partial charge in [-0.25, -0.2) is 0 Å². The van der Waals surface area contributed by atoms with Gasteiger partial charge in [-0.3, -0.25) is 4.79 Å². The minimum absolute atomic E-state index is 0.0415. The molecule has 1 saturated heterocycles. The maximum absolute atomic E-state index is 11.2. The first kappa shape index (κ1) is 8.36. The van der Waals surface area contributed by atoms with Crippen molar-refractivity contribution in [1.82, 2.24) is 5.32 Å². The van der Waals surface area contributed by atoms with Crippen LogP contribution in [0.5, 0.6) is 0 Å². The van der Waals surface area contributed by atoms with Crippen molar-refractivity contribution >= 4 is 17.5 Å². The van der Waals surface area contributed by atoms with Gasteiger partial charge in [-0.1, -0.05) is 12.8 Å². The summed E-state index contributed by atoms with van der Waals surface area (Å²) in [6.45, 7) is 0.854. The Labute approximate surface area is 77.7 Å². The molecule has 1 aliphatic heterocycles. The molecule has 0 spiro atoms. The number of amides is 1. The molecule has 3 atom stereocenters. The fourth-order valence-electron chi connectivity index (χ4n) is 2.40. The van der Waals surface area contributed by atoms with E-state index in [9.17, 15) is 4.79 Å². The number of alkyl halides is 1. The van der Waals surface area contributed by atoms with E-state index in [1.807, 2.05) is 0 Å². The molecule has 3 heteroatoms. The lowest BCUT2D eigenvalue weighted by Gasteiger charge is -2.38. The van der Waals surface area contributed by atoms with Gasteiger partial charge in [0.15, 0.2) is 0 Å². The van der Waals surface area contributed by atoms with E-state index in [1.165, 1.54) is 19.3 Å². The van der Waals surface area contributed by atoms with Crippen LogP contribution >= 0.6 is 11.6 Å². The van der Waals surface area contributed by atoms with Crippen LogP contribution < -0.4 is 5.32 Å². The van der Waals surface area contributed by atoms with Gasteiger partial charge in [-0.15, -0.1) is 11.6 Å². The van der Waals surface area contributed by atoms with E-state index in [1.54, 1.807) is 0 Å². The summed E-state index contributed by atoms with van der Waals surface area (Å²) in [5, 5.41) is 2.60. The van der Waals surface area contributed by atoms with Crippen molar-refractivity contribution in [3.05, 3.63) is 0 Å². The maximum Gasteiger partial charge on any atom is 0.238 e. The fourth-order valence-corrected chi connectivity index (χ4v) is 2.81. The number of nitrogens with one attached hydrogen (secondary N) is 1. The van der Waals surface area contributed by atoms with Crippen LogP contribution in [0.3, 0.4) is 0 Å². The predicted octanol–water partition coefficient (Wildman–Crippen LogP) is 1.53. The van der Waals surface area contributed by atoms with Crippen LogP contribution in [-0.4, -0.2) is 17.8 Å². The average Bonchev–Trinajstić information content (AvgIpc) is 2.12. The highest BCUT2D eigenvalue weighted by atomic mass is 35.5. The molecule has 1 amide bonds. The average molecular weight is 188 g/mol. The van der Waals surface area contributed by atoms with Crippen molar-refractivity contribution in [3.8, 4) is 0 Å². The van der Waals surface area contributed by atoms with Crippen LogP contribution in [0.15, 0.2) is 0 Å². The van der Waals surface area contributed by atoms with Gasteiger partial charge in [0.1, 0.15) is 5.38 Å². The zero-order valence-corrected chi connectivity index (χ0v) is 7.81. The van der Waals surface area contributed by atoms with E-state index in [0.717, 1.165) is 13.0 Å². The number of carbonyl (C=O) groups excluding carboxylic acids is 1. The van der Waals surface area contributed by atoms with E-state index in [4.69, 9.17) is 11.6 Å². The molecular weight excluding hydrogens is 174 g/mol. The molecule has 2 fully saturated rings. The van der Waals surface area contributed by atoms with E-state index in [0.29, 0.717) is 11.8 Å². The minimum atomic E-state index is -0.260. The van der Waals surface area contributed by atoms with Crippen molar-refractivity contribution < 1.29 is 4.79 Å². The quantitative estimate of drug-likeness (QED) is 0.573. The molecule has 1 N–H and O–H groups in total. The van der Waals surface area contributed by atoms with Gasteiger partial charge in [0.25, 0.3) is 0 Å². The molecule has 2 aliphatic rings. The Kier molecular flexibility index (Phi) is 2.26. The van der Waals surface area contributed by atoms with E-state index < -0.39 is 0 Å². The number of hydrogen-bond donors (Lipinski definition) is 1. The smallest absolute Gasteiger partial charge is 0.238 e. The molecule has 0 aromatic carbocycles. The molecule has 12 heavy (non-hydrogen) atoms. The monoisotopic (exact) mass is 187 g/mol. The molecule has 68 valence electrons. The van der Waals surface area contributed by atoms with Crippen LogP contribution in [0.25, 0.3) is 0 Å². The first-order chi connectivity index (χ1) is 5.79. The summed E-state index contributed by atoms with van der Waals surface area (Å²) in [6, 6.07) is 0. The Morgan fingerprint density at radius 1 is 1.33 bits per heavy atom. The molecule has 0 aromatic rings. The third kappa shape index (κ3) is 1.33. The number of halogens is 1. The predicted molar refractivity (Wildman–Crippen MR) is 48.1 cm³/mol. The van der Waals surface area contributed by atoms with Crippen molar-refractivity contribution in [1.29, 1.82) is 0 Å². The maximum atomic E-state index is 11.2. The summed E-state index contributed by atoms with van der Waals surface area (Å²) in [5.41, 5.74) is 0. The minimum Gasteiger partial charge on any atom is -0.355 e. The SMILES string of the molecule is O=C1NCC2CCCC[C@H]2[C@H]1Cl. The lowest BCUT2D eigenvalue weighted by atomic mass is 9.75. The lowest BCUT2D eigenvalue weighted by Crippen LogP contribution is -2.49. The summed E-state index contributed by atoms with van der Waals surface area (Å²) in [5.74, 6) is 1.15. The fraction of sp³-hybridized carbons (Fsp3) is 0.889. The topological polar surface area (TPSA) is 29.1 Å². The normalized spacial score (nSPS) is 41.8. The number of rotatable bonds is 0. The van der Waals surface area contributed by atoms with E-state index >= 15 is 0 Å². The summed E-state index contributed by atoms with van der Waals surface area (Å²) in [6.07, 6.45) is 4.94. The standard InChI is InChI=1S/C9H14ClNO/c10-8-7-4-2-1-3-6(7)5-11-9(8)12/h6-8H,1-5H2,(H,11,12)/t6?,7-,8-/m1/s1. The first-order valence-corrected chi connectivity index (χ1v) is 5.14. The van der Waals surface area contributed by atoms with Crippen LogP contribution in [0.4, 0.5) is 0 Å². The number of hydrogen-bond acceptors (Lipinski definition) is 1. The Morgan fingerprint density at radius 3 is 2.92 bits per heavy atom. The van der Waals surface area contributed by atoms with Crippen LogP contribution in [0.1, 0.15) is 25.7 Å². The van der Waals surface area contributed by atoms with Gasteiger partial charge in [0, 0.05) is 6.54 Å². The molecule has 0 aromatic heterocycles. The third-order valence-corrected chi connectivity index (χ3v) is 3.65. The summed E-state index contributed by atoms with van der Waals surface area (Å²) >= 11 is 6.03. The van der Waals surface area contributed by atoms with Gasteiger partial charge in [0.2, 0.25) is 5.91 Å². The van der Waals surface area contributed by atoms with Gasteiger partial charge < -0.3 is 5.32 Å². The molecule has 0 bridgehead atoms. The largest absolute Gasteiger partial charge is 0.355 e. The van der Waals surface area contributed by atoms with Crippen molar-refractivity contribution in [2.75, 3.05) is 6.54 Å². The van der Waals surface area contributed by atoms with E-state index in [2.05, 4.69) is 5.32 Å². The van der Waals surface area contributed by atoms with Gasteiger partial charge in [-0.2, -0.15) is 0 Å². The van der Waals surface area contributed by atoms with Crippen LogP contribution in [0.2, 0.25) is 0 Å². The summed E-state index contributed by atoms with van der Waals surface area (Å²) in [4.78, 5) is 11.2. The highest BCUT2D eigenvalue weighted by molar-refractivity contribution is 6.31. The Hall–Kier alpha value is -0.240. The van der Waals surface area contributed by atoms with Gasteiger partial charge >= 0.3 is 0 Å². The lowest BCUT2D eigenvalue weighted by molar-refractivity contribution is -0.124. The van der Waals surface area contributed by atoms with Gasteiger partial charge in [-0.05, 0) is 24.7 Å². The molecule has 1 heterocycles. The molecule has 2 nitrogen and oxygen atoms in total. The number of fused-ring (bicyclic) bond motifs is 1. The van der Waals surface area contributed by atoms with Crippen molar-refractivity contribution in [2.45, 2.75) is 31.1 Å². The highest BCUT2D eigenvalue weighted by Crippen LogP contribution is 2.36. The second kappa shape index (κ2) is 3.25. The second-order valence-corrected chi connectivity index (χ2v) is 4.33. The Bertz CT molecular complexity index is 195. The molecule has 0 radical (unpaired) electrons. The molecule has 2 rings (SSSR count). The molecule has 1 aliphatic carbocycles. The third-order valence-electron chi connectivity index (χ3n) is 3.13. The summed E-state index contributed by atoms with van der Waals surface area (Å²) < 4.78 is 0. The zero-order chi connectivity index (χ0) is 8.55. The molecular formula is C9H14ClNO. The van der Waals surface area contributed by atoms with Gasteiger partial charge in [0.05, 0.1) is 0 Å². The van der Waals surface area contributed by atoms with E-state index in [-0.39, 0.29) is 11.3 Å². The summed E-state index contributed by atoms with van der Waals surface area (Å²) in [7, 11) is 0. The molecule has 1 saturated carbocycles. The Balaban J connectivity index is 2.08. The zero-order valence-electron chi connectivity index (χ0n) is 7.05. The second-order valence-electron chi connectivity index (χ2n) is 3.86. The van der Waals surface area contributed by atoms with Crippen LogP contribution in [-0.2, 0) is 4.79 Å². The first-order valence-electron chi connectivity index (χ1n) is 4.71. The van der Waals surface area contributed by atoms with Crippen molar-refractivity contribution in [2.24, 2.45) is 11.8 Å². The molecule has 1 unspecified atom stereocenters. The van der Waals surface area contributed by atoms with Crippen molar-refractivity contribution in [3.63, 3.8) is 0 Å².